The maximum atomic E-state index is 9.82. The van der Waals surface area contributed by atoms with Gasteiger partial charge in [-0.2, -0.15) is 0 Å². The average molecular weight is 246 g/mol. The lowest BCUT2D eigenvalue weighted by atomic mass is 9.99. The number of piperidine rings is 1. The summed E-state index contributed by atoms with van der Waals surface area (Å²) in [5.74, 6) is 0.869. The molecule has 2 fully saturated rings. The fourth-order valence-corrected chi connectivity index (χ4v) is 3.31. The van der Waals surface area contributed by atoms with Crippen LogP contribution >= 0.6 is 0 Å². The highest BCUT2D eigenvalue weighted by Crippen LogP contribution is 2.39. The lowest BCUT2D eigenvalue weighted by Crippen LogP contribution is -2.46. The molecule has 2 aliphatic rings. The van der Waals surface area contributed by atoms with Gasteiger partial charge in [-0.1, -0.05) is 0 Å². The molecule has 4 N–H and O–H groups in total. The van der Waals surface area contributed by atoms with E-state index in [1.54, 1.807) is 12.3 Å². The van der Waals surface area contributed by atoms with Gasteiger partial charge in [0.15, 0.2) is 0 Å². The maximum Gasteiger partial charge on any atom is 0.140 e. The van der Waals surface area contributed by atoms with E-state index in [-0.39, 0.29) is 11.9 Å². The zero-order valence-corrected chi connectivity index (χ0v) is 10.2. The van der Waals surface area contributed by atoms with Crippen LogP contribution in [0.5, 0.6) is 0 Å². The van der Waals surface area contributed by atoms with E-state index in [0.717, 1.165) is 31.5 Å². The topological polar surface area (TPSA) is 86.2 Å². The number of nitrogens with two attached hydrogens (primary N) is 1. The van der Waals surface area contributed by atoms with Crippen LogP contribution in [0.1, 0.15) is 31.2 Å². The molecule has 0 radical (unpaired) electrons. The molecule has 96 valence electrons. The Morgan fingerprint density at radius 2 is 2.06 bits per heavy atom. The number of nitrogens with zero attached hydrogens (tertiary/aromatic N) is 2. The van der Waals surface area contributed by atoms with Crippen LogP contribution in [0.4, 0.5) is 5.82 Å². The van der Waals surface area contributed by atoms with Gasteiger partial charge in [0, 0.05) is 18.3 Å². The summed E-state index contributed by atoms with van der Waals surface area (Å²) in [4.78, 5) is 6.68. The third-order valence-corrected chi connectivity index (χ3v) is 4.03. The van der Waals surface area contributed by atoms with E-state index in [4.69, 9.17) is 11.1 Å². The molecule has 2 saturated heterocycles. The minimum absolute atomic E-state index is 0.0589. The second-order valence-corrected chi connectivity index (χ2v) is 5.21. The summed E-state index contributed by atoms with van der Waals surface area (Å²) in [5.41, 5.74) is 6.33. The number of aromatic nitrogens is 1. The molecule has 5 nitrogen and oxygen atoms in total. The number of anilines is 1. The van der Waals surface area contributed by atoms with Crippen LogP contribution in [0.25, 0.3) is 0 Å². The molecule has 2 unspecified atom stereocenters. The predicted octanol–water partition coefficient (Wildman–Crippen LogP) is 0.858. The number of hydrogen-bond acceptors (Lipinski definition) is 4. The van der Waals surface area contributed by atoms with E-state index in [0.29, 0.717) is 17.6 Å². The Balaban J connectivity index is 1.99. The van der Waals surface area contributed by atoms with Crippen LogP contribution in [0.3, 0.4) is 0 Å². The van der Waals surface area contributed by atoms with Gasteiger partial charge in [0.25, 0.3) is 0 Å². The Kier molecular flexibility index (Phi) is 2.70. The normalized spacial score (nSPS) is 30.5. The highest BCUT2D eigenvalue weighted by Gasteiger charge is 2.41. The van der Waals surface area contributed by atoms with Crippen molar-refractivity contribution < 1.29 is 5.11 Å². The summed E-state index contributed by atoms with van der Waals surface area (Å²) in [5, 5.41) is 17.5. The van der Waals surface area contributed by atoms with Gasteiger partial charge in [-0.05, 0) is 37.8 Å². The molecule has 18 heavy (non-hydrogen) atoms. The van der Waals surface area contributed by atoms with Crippen molar-refractivity contribution in [1.29, 1.82) is 5.41 Å². The lowest BCUT2D eigenvalue weighted by Gasteiger charge is -2.38. The van der Waals surface area contributed by atoms with E-state index < -0.39 is 0 Å². The number of aliphatic hydroxyl groups is 1. The van der Waals surface area contributed by atoms with Gasteiger partial charge in [0.1, 0.15) is 11.7 Å². The summed E-state index contributed by atoms with van der Waals surface area (Å²) < 4.78 is 0. The highest BCUT2D eigenvalue weighted by molar-refractivity contribution is 5.99. The smallest absolute Gasteiger partial charge is 0.140 e. The van der Waals surface area contributed by atoms with Crippen molar-refractivity contribution in [2.75, 3.05) is 4.90 Å². The molecular weight excluding hydrogens is 228 g/mol. The van der Waals surface area contributed by atoms with Crippen molar-refractivity contribution >= 4 is 11.7 Å². The minimum Gasteiger partial charge on any atom is -0.393 e. The van der Waals surface area contributed by atoms with Gasteiger partial charge in [-0.25, -0.2) is 4.98 Å². The molecule has 5 heteroatoms. The molecule has 0 aliphatic carbocycles. The molecule has 2 atom stereocenters. The molecule has 0 saturated carbocycles. The largest absolute Gasteiger partial charge is 0.393 e. The Morgan fingerprint density at radius 1 is 1.39 bits per heavy atom. The number of pyridine rings is 1. The first-order valence-electron chi connectivity index (χ1n) is 6.42. The van der Waals surface area contributed by atoms with Crippen molar-refractivity contribution in [2.45, 2.75) is 43.9 Å². The van der Waals surface area contributed by atoms with E-state index in [9.17, 15) is 5.11 Å². The third kappa shape index (κ3) is 1.75. The van der Waals surface area contributed by atoms with E-state index in [1.807, 2.05) is 6.07 Å². The van der Waals surface area contributed by atoms with Gasteiger partial charge < -0.3 is 15.7 Å². The summed E-state index contributed by atoms with van der Waals surface area (Å²) >= 11 is 0. The highest BCUT2D eigenvalue weighted by atomic mass is 16.3. The fraction of sp³-hybridized carbons (Fsp3) is 0.538. The first kappa shape index (κ1) is 11.5. The fourth-order valence-electron chi connectivity index (χ4n) is 3.31. The SMILES string of the molecule is N=C(N)c1cccnc1N1C2CCC1CC(O)C2. The predicted molar refractivity (Wildman–Crippen MR) is 69.8 cm³/mol. The van der Waals surface area contributed by atoms with E-state index in [2.05, 4.69) is 9.88 Å². The molecule has 2 aliphatic heterocycles. The van der Waals surface area contributed by atoms with Gasteiger partial charge in [-0.3, -0.25) is 5.41 Å². The molecule has 3 rings (SSSR count). The Labute approximate surface area is 106 Å². The minimum atomic E-state index is -0.191. The second-order valence-electron chi connectivity index (χ2n) is 5.21. The summed E-state index contributed by atoms with van der Waals surface area (Å²) in [7, 11) is 0. The van der Waals surface area contributed by atoms with Crippen molar-refractivity contribution in [3.05, 3.63) is 23.9 Å². The second kappa shape index (κ2) is 4.24. The molecule has 0 amide bonds. The number of rotatable bonds is 2. The van der Waals surface area contributed by atoms with Crippen LogP contribution in [-0.2, 0) is 0 Å². The third-order valence-electron chi connectivity index (χ3n) is 4.03. The van der Waals surface area contributed by atoms with Gasteiger partial charge >= 0.3 is 0 Å². The van der Waals surface area contributed by atoms with Crippen LogP contribution in [0, 0.1) is 5.41 Å². The van der Waals surface area contributed by atoms with Gasteiger partial charge in [0.2, 0.25) is 0 Å². The molecule has 2 bridgehead atoms. The van der Waals surface area contributed by atoms with Crippen LogP contribution in [-0.4, -0.2) is 34.1 Å². The van der Waals surface area contributed by atoms with Crippen LogP contribution in [0.2, 0.25) is 0 Å². The molecule has 1 aromatic heterocycles. The number of nitrogens with one attached hydrogen (secondary N) is 1. The number of nitrogen functional groups attached to an aromatic ring is 1. The number of hydrogen-bond donors (Lipinski definition) is 3. The summed E-state index contributed by atoms with van der Waals surface area (Å²) in [6, 6.07) is 4.33. The monoisotopic (exact) mass is 246 g/mol. The first-order chi connectivity index (χ1) is 8.66. The zero-order chi connectivity index (χ0) is 12.7. The standard InChI is InChI=1S/C13H18N4O/c14-12(15)11-2-1-5-16-13(11)17-8-3-4-9(17)7-10(18)6-8/h1-2,5,8-10,18H,3-4,6-7H2,(H3,14,15). The van der Waals surface area contributed by atoms with Crippen LogP contribution in [0.15, 0.2) is 18.3 Å². The zero-order valence-electron chi connectivity index (χ0n) is 10.2. The molecule has 0 aromatic carbocycles. The van der Waals surface area contributed by atoms with E-state index in [1.165, 1.54) is 0 Å². The maximum absolute atomic E-state index is 9.82. The van der Waals surface area contributed by atoms with Gasteiger partial charge in [0.05, 0.1) is 11.7 Å². The summed E-state index contributed by atoms with van der Waals surface area (Å²) in [6.45, 7) is 0. The molecule has 0 spiro atoms. The van der Waals surface area contributed by atoms with Crippen molar-refractivity contribution in [3.63, 3.8) is 0 Å². The quantitative estimate of drug-likeness (QED) is 0.533. The number of fused-ring (bicyclic) bond motifs is 2. The average Bonchev–Trinajstić information content (AvgIpc) is 2.61. The van der Waals surface area contributed by atoms with Gasteiger partial charge in [-0.15, -0.1) is 0 Å². The van der Waals surface area contributed by atoms with Crippen molar-refractivity contribution in [1.82, 2.24) is 4.98 Å². The van der Waals surface area contributed by atoms with E-state index >= 15 is 0 Å². The molecular formula is C13H18N4O. The number of aliphatic hydroxyl groups excluding tert-OH is 1. The molecule has 1 aromatic rings. The Hall–Kier alpha value is -1.62. The van der Waals surface area contributed by atoms with Crippen molar-refractivity contribution in [2.24, 2.45) is 5.73 Å². The Morgan fingerprint density at radius 3 is 2.67 bits per heavy atom. The van der Waals surface area contributed by atoms with Crippen LogP contribution < -0.4 is 10.6 Å². The number of amidine groups is 1. The van der Waals surface area contributed by atoms with Crippen molar-refractivity contribution in [3.8, 4) is 0 Å². The molecule has 3 heterocycles. The lowest BCUT2D eigenvalue weighted by molar-refractivity contribution is 0.126. The Bertz CT molecular complexity index is 462. The summed E-state index contributed by atoms with van der Waals surface area (Å²) in [6.07, 6.45) is 5.33. The first-order valence-corrected chi connectivity index (χ1v) is 6.42.